The van der Waals surface area contributed by atoms with Crippen molar-refractivity contribution in [3.8, 4) is 5.75 Å². The molecule has 5 heteroatoms. The van der Waals surface area contributed by atoms with E-state index in [4.69, 9.17) is 4.74 Å². The second-order valence-corrected chi connectivity index (χ2v) is 5.03. The highest BCUT2D eigenvalue weighted by atomic mass is 79.9. The summed E-state index contributed by atoms with van der Waals surface area (Å²) in [5, 5.41) is 7.59. The predicted molar refractivity (Wildman–Crippen MR) is 76.0 cm³/mol. The van der Waals surface area contributed by atoms with Crippen molar-refractivity contribution in [1.29, 1.82) is 0 Å². The Balaban J connectivity index is 2.10. The van der Waals surface area contributed by atoms with E-state index in [2.05, 4.69) is 33.3 Å². The minimum atomic E-state index is 0.749. The molecule has 1 heterocycles. The highest BCUT2D eigenvalue weighted by Gasteiger charge is 2.04. The van der Waals surface area contributed by atoms with Gasteiger partial charge in [-0.15, -0.1) is 0 Å². The standard InChI is InChI=1S/C13H16BrN3O/c1-9-10(8-16-17(9)2)7-15-12-4-11(14)5-13(6-12)18-3/h4-6,8,15H,7H2,1-3H3. The molecule has 1 N–H and O–H groups in total. The smallest absolute Gasteiger partial charge is 0.122 e. The second kappa shape index (κ2) is 5.44. The Labute approximate surface area is 115 Å². The second-order valence-electron chi connectivity index (χ2n) is 4.11. The number of hydrogen-bond donors (Lipinski definition) is 1. The average molecular weight is 310 g/mol. The molecule has 4 nitrogen and oxygen atoms in total. The SMILES string of the molecule is COc1cc(Br)cc(NCc2cnn(C)c2C)c1. The fraction of sp³-hybridized carbons (Fsp3) is 0.308. The summed E-state index contributed by atoms with van der Waals surface area (Å²) in [6.07, 6.45) is 1.89. The molecule has 0 unspecified atom stereocenters. The topological polar surface area (TPSA) is 39.1 Å². The van der Waals surface area contributed by atoms with Crippen molar-refractivity contribution in [2.45, 2.75) is 13.5 Å². The third-order valence-corrected chi connectivity index (χ3v) is 3.38. The van der Waals surface area contributed by atoms with Gasteiger partial charge in [0.25, 0.3) is 0 Å². The highest BCUT2D eigenvalue weighted by Crippen LogP contribution is 2.25. The van der Waals surface area contributed by atoms with E-state index < -0.39 is 0 Å². The van der Waals surface area contributed by atoms with Gasteiger partial charge in [-0.2, -0.15) is 5.10 Å². The monoisotopic (exact) mass is 309 g/mol. The largest absolute Gasteiger partial charge is 0.497 e. The van der Waals surface area contributed by atoms with E-state index in [-0.39, 0.29) is 0 Å². The maximum atomic E-state index is 5.23. The van der Waals surface area contributed by atoms with Crippen LogP contribution in [0.5, 0.6) is 5.75 Å². The molecule has 1 aromatic carbocycles. The van der Waals surface area contributed by atoms with Crippen molar-refractivity contribution in [3.63, 3.8) is 0 Å². The maximum Gasteiger partial charge on any atom is 0.122 e. The molecule has 1 aromatic heterocycles. The van der Waals surface area contributed by atoms with Gasteiger partial charge in [0.1, 0.15) is 5.75 Å². The van der Waals surface area contributed by atoms with Crippen LogP contribution in [0.4, 0.5) is 5.69 Å². The summed E-state index contributed by atoms with van der Waals surface area (Å²) in [5.74, 6) is 0.829. The van der Waals surface area contributed by atoms with E-state index in [1.807, 2.05) is 36.1 Å². The Morgan fingerprint density at radius 2 is 2.17 bits per heavy atom. The van der Waals surface area contributed by atoms with Gasteiger partial charge >= 0.3 is 0 Å². The van der Waals surface area contributed by atoms with Crippen molar-refractivity contribution >= 4 is 21.6 Å². The molecule has 0 radical (unpaired) electrons. The number of halogens is 1. The summed E-state index contributed by atoms with van der Waals surface area (Å²) in [7, 11) is 3.61. The van der Waals surface area contributed by atoms with Crippen LogP contribution in [0.15, 0.2) is 28.9 Å². The van der Waals surface area contributed by atoms with Gasteiger partial charge in [0.2, 0.25) is 0 Å². The fourth-order valence-corrected chi connectivity index (χ4v) is 2.17. The van der Waals surface area contributed by atoms with Crippen molar-refractivity contribution in [3.05, 3.63) is 40.1 Å². The van der Waals surface area contributed by atoms with Gasteiger partial charge in [-0.25, -0.2) is 0 Å². The van der Waals surface area contributed by atoms with Gasteiger partial charge in [0.15, 0.2) is 0 Å². The number of nitrogens with zero attached hydrogens (tertiary/aromatic N) is 2. The van der Waals surface area contributed by atoms with Crippen LogP contribution in [0, 0.1) is 6.92 Å². The molecule has 18 heavy (non-hydrogen) atoms. The van der Waals surface area contributed by atoms with E-state index in [0.717, 1.165) is 22.5 Å². The molecule has 0 saturated carbocycles. The summed E-state index contributed by atoms with van der Waals surface area (Å²) >= 11 is 3.46. The zero-order chi connectivity index (χ0) is 13.1. The number of nitrogens with one attached hydrogen (secondary N) is 1. The van der Waals surface area contributed by atoms with Crippen molar-refractivity contribution < 1.29 is 4.74 Å². The van der Waals surface area contributed by atoms with Crippen molar-refractivity contribution in [2.75, 3.05) is 12.4 Å². The maximum absolute atomic E-state index is 5.23. The van der Waals surface area contributed by atoms with E-state index in [9.17, 15) is 0 Å². The molecule has 0 aliphatic heterocycles. The van der Waals surface area contributed by atoms with Crippen LogP contribution in [0.25, 0.3) is 0 Å². The fourth-order valence-electron chi connectivity index (χ4n) is 1.70. The lowest BCUT2D eigenvalue weighted by Crippen LogP contribution is -2.01. The lowest BCUT2D eigenvalue weighted by molar-refractivity contribution is 0.414. The van der Waals surface area contributed by atoms with Crippen LogP contribution < -0.4 is 10.1 Å². The van der Waals surface area contributed by atoms with Gasteiger partial charge < -0.3 is 10.1 Å². The lowest BCUT2D eigenvalue weighted by Gasteiger charge is -2.09. The van der Waals surface area contributed by atoms with E-state index in [0.29, 0.717) is 0 Å². The van der Waals surface area contributed by atoms with Crippen LogP contribution >= 0.6 is 15.9 Å². The molecular formula is C13H16BrN3O. The molecule has 0 bridgehead atoms. The molecule has 0 saturated heterocycles. The summed E-state index contributed by atoms with van der Waals surface area (Å²) in [6, 6.07) is 5.92. The molecule has 2 rings (SSSR count). The number of anilines is 1. The van der Waals surface area contributed by atoms with Gasteiger partial charge in [-0.1, -0.05) is 15.9 Å². The number of aryl methyl sites for hydroxylation is 1. The first-order valence-corrected chi connectivity index (χ1v) is 6.45. The van der Waals surface area contributed by atoms with E-state index in [1.165, 1.54) is 11.3 Å². The molecule has 96 valence electrons. The Morgan fingerprint density at radius 1 is 1.39 bits per heavy atom. The number of methoxy groups -OCH3 is 1. The molecular weight excluding hydrogens is 294 g/mol. The summed E-state index contributed by atoms with van der Waals surface area (Å²) < 4.78 is 8.10. The third-order valence-electron chi connectivity index (χ3n) is 2.93. The molecule has 0 aliphatic carbocycles. The molecule has 0 aliphatic rings. The van der Waals surface area contributed by atoms with Crippen molar-refractivity contribution in [1.82, 2.24) is 9.78 Å². The summed E-state index contributed by atoms with van der Waals surface area (Å²) in [5.41, 5.74) is 3.38. The number of ether oxygens (including phenoxy) is 1. The first kappa shape index (κ1) is 13.0. The first-order chi connectivity index (χ1) is 8.60. The third kappa shape index (κ3) is 2.85. The van der Waals surface area contributed by atoms with Crippen LogP contribution in [0.3, 0.4) is 0 Å². The van der Waals surface area contributed by atoms with E-state index >= 15 is 0 Å². The number of hydrogen-bond acceptors (Lipinski definition) is 3. The predicted octanol–water partition coefficient (Wildman–Crippen LogP) is 3.11. The molecule has 0 atom stereocenters. The minimum absolute atomic E-state index is 0.749. The highest BCUT2D eigenvalue weighted by molar-refractivity contribution is 9.10. The van der Waals surface area contributed by atoms with Crippen LogP contribution in [-0.2, 0) is 13.6 Å². The number of rotatable bonds is 4. The summed E-state index contributed by atoms with van der Waals surface area (Å²) in [4.78, 5) is 0. The lowest BCUT2D eigenvalue weighted by atomic mass is 10.2. The minimum Gasteiger partial charge on any atom is -0.497 e. The molecule has 2 aromatic rings. The van der Waals surface area contributed by atoms with E-state index in [1.54, 1.807) is 7.11 Å². The van der Waals surface area contributed by atoms with Crippen LogP contribution in [0.1, 0.15) is 11.3 Å². The van der Waals surface area contributed by atoms with Crippen molar-refractivity contribution in [2.24, 2.45) is 7.05 Å². The Bertz CT molecular complexity index is 551. The molecule has 0 amide bonds. The average Bonchev–Trinajstić information content (AvgIpc) is 2.67. The Kier molecular flexibility index (Phi) is 3.91. The van der Waals surface area contributed by atoms with Crippen LogP contribution in [-0.4, -0.2) is 16.9 Å². The van der Waals surface area contributed by atoms with Gasteiger partial charge in [-0.05, 0) is 19.1 Å². The number of benzene rings is 1. The summed E-state index contributed by atoms with van der Waals surface area (Å²) in [6.45, 7) is 2.81. The number of aromatic nitrogens is 2. The van der Waals surface area contributed by atoms with Gasteiger partial charge in [-0.3, -0.25) is 4.68 Å². The molecule has 0 fully saturated rings. The Hall–Kier alpha value is -1.49. The quantitative estimate of drug-likeness (QED) is 0.943. The van der Waals surface area contributed by atoms with Gasteiger partial charge in [0, 0.05) is 41.1 Å². The normalized spacial score (nSPS) is 10.4. The molecule has 0 spiro atoms. The first-order valence-electron chi connectivity index (χ1n) is 5.66. The van der Waals surface area contributed by atoms with Gasteiger partial charge in [0.05, 0.1) is 13.3 Å². The zero-order valence-electron chi connectivity index (χ0n) is 10.7. The van der Waals surface area contributed by atoms with Crippen LogP contribution in [0.2, 0.25) is 0 Å². The zero-order valence-corrected chi connectivity index (χ0v) is 12.3. The Morgan fingerprint density at radius 3 is 2.78 bits per heavy atom.